The van der Waals surface area contributed by atoms with Crippen molar-refractivity contribution in [3.8, 4) is 0 Å². The molecule has 0 radical (unpaired) electrons. The van der Waals surface area contributed by atoms with Crippen molar-refractivity contribution in [3.05, 3.63) is 36.6 Å². The van der Waals surface area contributed by atoms with Crippen LogP contribution < -0.4 is 5.32 Å². The summed E-state index contributed by atoms with van der Waals surface area (Å²) in [6, 6.07) is 0.537. The zero-order valence-electron chi connectivity index (χ0n) is 5.12. The summed E-state index contributed by atoms with van der Waals surface area (Å²) in [6.07, 6.45) is 12.8. The van der Waals surface area contributed by atoms with Crippen LogP contribution in [0.4, 0.5) is 0 Å². The number of hydrogen-bond acceptors (Lipinski definition) is 1. The van der Waals surface area contributed by atoms with Gasteiger partial charge in [0.05, 0.1) is 6.04 Å². The fourth-order valence-corrected chi connectivity index (χ4v) is 1.25. The van der Waals surface area contributed by atoms with E-state index in [1.54, 1.807) is 0 Å². The maximum absolute atomic E-state index is 3.24. The summed E-state index contributed by atoms with van der Waals surface area (Å²) < 4.78 is 0. The van der Waals surface area contributed by atoms with Crippen molar-refractivity contribution in [2.24, 2.45) is 5.92 Å². The smallest absolute Gasteiger partial charge is 0.0540 e. The molecule has 1 heterocycles. The normalized spacial score (nSPS) is 36.4. The minimum atomic E-state index is 0.537. The number of nitrogens with one attached hydrogen (secondary N) is 1. The van der Waals surface area contributed by atoms with Gasteiger partial charge in [-0.3, -0.25) is 0 Å². The maximum atomic E-state index is 3.24. The van der Waals surface area contributed by atoms with Gasteiger partial charge in [0, 0.05) is 5.92 Å². The monoisotopic (exact) mass is 119 g/mol. The van der Waals surface area contributed by atoms with Gasteiger partial charge >= 0.3 is 0 Å². The first-order chi connectivity index (χ1) is 4.47. The van der Waals surface area contributed by atoms with E-state index in [-0.39, 0.29) is 0 Å². The molecule has 2 atom stereocenters. The molecule has 0 spiro atoms. The van der Waals surface area contributed by atoms with Crippen molar-refractivity contribution in [1.82, 2.24) is 5.32 Å². The first-order valence-corrected chi connectivity index (χ1v) is 3.24. The summed E-state index contributed by atoms with van der Waals surface area (Å²) in [4.78, 5) is 0. The predicted octanol–water partition coefficient (Wildman–Crippen LogP) is 1.21. The highest BCUT2D eigenvalue weighted by Gasteiger charge is 2.17. The fourth-order valence-electron chi connectivity index (χ4n) is 1.25. The Morgan fingerprint density at radius 1 is 1.00 bits per heavy atom. The van der Waals surface area contributed by atoms with E-state index in [1.807, 2.05) is 6.20 Å². The van der Waals surface area contributed by atoms with Crippen LogP contribution in [0.25, 0.3) is 0 Å². The molecule has 1 aliphatic heterocycles. The number of allylic oxidation sites excluding steroid dienone is 2. The van der Waals surface area contributed by atoms with Crippen LogP contribution in [0.3, 0.4) is 0 Å². The molecule has 1 heteroatoms. The maximum Gasteiger partial charge on any atom is 0.0540 e. The van der Waals surface area contributed by atoms with Crippen molar-refractivity contribution in [2.75, 3.05) is 0 Å². The lowest BCUT2D eigenvalue weighted by atomic mass is 9.98. The molecule has 9 heavy (non-hydrogen) atoms. The Morgan fingerprint density at radius 2 is 1.89 bits per heavy atom. The lowest BCUT2D eigenvalue weighted by Crippen LogP contribution is -2.23. The second-order valence-electron chi connectivity index (χ2n) is 2.40. The van der Waals surface area contributed by atoms with Gasteiger partial charge in [0.15, 0.2) is 0 Å². The van der Waals surface area contributed by atoms with E-state index in [0.717, 1.165) is 0 Å². The molecular formula is C8H9N. The summed E-state index contributed by atoms with van der Waals surface area (Å²) in [5.41, 5.74) is 0. The second kappa shape index (κ2) is 1.76. The third-order valence-corrected chi connectivity index (χ3v) is 1.78. The minimum absolute atomic E-state index is 0.537. The highest BCUT2D eigenvalue weighted by molar-refractivity contribution is 5.25. The molecule has 0 aromatic rings. The van der Waals surface area contributed by atoms with E-state index in [4.69, 9.17) is 0 Å². The van der Waals surface area contributed by atoms with Crippen molar-refractivity contribution < 1.29 is 0 Å². The summed E-state index contributed by atoms with van der Waals surface area (Å²) >= 11 is 0. The molecular weight excluding hydrogens is 110 g/mol. The fraction of sp³-hybridized carbons (Fsp3) is 0.250. The van der Waals surface area contributed by atoms with Gasteiger partial charge in [-0.1, -0.05) is 30.4 Å². The molecule has 2 rings (SSSR count). The van der Waals surface area contributed by atoms with Crippen LogP contribution in [0.1, 0.15) is 0 Å². The molecule has 0 aromatic heterocycles. The molecule has 0 saturated heterocycles. The number of fused-ring (bicyclic) bond motifs is 1. The first-order valence-electron chi connectivity index (χ1n) is 3.24. The van der Waals surface area contributed by atoms with Crippen LogP contribution >= 0.6 is 0 Å². The predicted molar refractivity (Wildman–Crippen MR) is 37.8 cm³/mol. The van der Waals surface area contributed by atoms with Crippen LogP contribution in [0, 0.1) is 5.92 Å². The Kier molecular flexibility index (Phi) is 0.950. The Morgan fingerprint density at radius 3 is 2.78 bits per heavy atom. The van der Waals surface area contributed by atoms with Crippen LogP contribution in [0.15, 0.2) is 36.6 Å². The van der Waals surface area contributed by atoms with Gasteiger partial charge < -0.3 is 5.32 Å². The Balaban J connectivity index is 2.25. The Hall–Kier alpha value is -0.980. The molecule has 0 bridgehead atoms. The average Bonchev–Trinajstić information content (AvgIpc) is 2.33. The molecule has 0 amide bonds. The zero-order valence-corrected chi connectivity index (χ0v) is 5.12. The van der Waals surface area contributed by atoms with E-state index < -0.39 is 0 Å². The molecule has 1 nitrogen and oxygen atoms in total. The molecule has 2 aliphatic rings. The molecule has 46 valence electrons. The Labute approximate surface area is 54.8 Å². The van der Waals surface area contributed by atoms with Gasteiger partial charge in [0.2, 0.25) is 0 Å². The van der Waals surface area contributed by atoms with Crippen molar-refractivity contribution in [2.45, 2.75) is 6.04 Å². The van der Waals surface area contributed by atoms with E-state index in [1.165, 1.54) is 0 Å². The van der Waals surface area contributed by atoms with E-state index in [2.05, 4.69) is 35.7 Å². The summed E-state index contributed by atoms with van der Waals surface area (Å²) in [5.74, 6) is 0.606. The first kappa shape index (κ1) is 4.86. The number of rotatable bonds is 0. The van der Waals surface area contributed by atoms with Gasteiger partial charge in [0.1, 0.15) is 0 Å². The van der Waals surface area contributed by atoms with Crippen LogP contribution in [-0.4, -0.2) is 6.04 Å². The average molecular weight is 119 g/mol. The summed E-state index contributed by atoms with van der Waals surface area (Å²) in [6.45, 7) is 0. The second-order valence-corrected chi connectivity index (χ2v) is 2.40. The molecule has 0 aromatic carbocycles. The standard InChI is InChI=1S/C8H9N/c1-2-4-8-7(3-1)5-6-9-8/h1-9H/t7-,8-/m1/s1. The summed E-state index contributed by atoms with van der Waals surface area (Å²) in [7, 11) is 0. The lowest BCUT2D eigenvalue weighted by Gasteiger charge is -2.14. The minimum Gasteiger partial charge on any atom is -0.384 e. The van der Waals surface area contributed by atoms with Gasteiger partial charge in [-0.15, -0.1) is 0 Å². The third-order valence-electron chi connectivity index (χ3n) is 1.78. The lowest BCUT2D eigenvalue weighted by molar-refractivity contribution is 0.649. The third kappa shape index (κ3) is 0.689. The van der Waals surface area contributed by atoms with Gasteiger partial charge in [0.25, 0.3) is 0 Å². The number of hydrogen-bond donors (Lipinski definition) is 1. The largest absolute Gasteiger partial charge is 0.384 e. The van der Waals surface area contributed by atoms with Gasteiger partial charge in [-0.25, -0.2) is 0 Å². The van der Waals surface area contributed by atoms with Gasteiger partial charge in [-0.05, 0) is 6.20 Å². The molecule has 1 N–H and O–H groups in total. The van der Waals surface area contributed by atoms with Crippen molar-refractivity contribution >= 4 is 0 Å². The van der Waals surface area contributed by atoms with Gasteiger partial charge in [-0.2, -0.15) is 0 Å². The molecule has 0 saturated carbocycles. The van der Waals surface area contributed by atoms with Crippen LogP contribution in [0.5, 0.6) is 0 Å². The Bertz CT molecular complexity index is 189. The zero-order chi connectivity index (χ0) is 6.10. The molecule has 1 aliphatic carbocycles. The highest BCUT2D eigenvalue weighted by atomic mass is 14.9. The highest BCUT2D eigenvalue weighted by Crippen LogP contribution is 2.17. The summed E-state index contributed by atoms with van der Waals surface area (Å²) in [5, 5.41) is 3.24. The molecule has 0 fully saturated rings. The van der Waals surface area contributed by atoms with E-state index >= 15 is 0 Å². The molecule has 0 unspecified atom stereocenters. The topological polar surface area (TPSA) is 12.0 Å². The van der Waals surface area contributed by atoms with Crippen molar-refractivity contribution in [1.29, 1.82) is 0 Å². The van der Waals surface area contributed by atoms with Crippen LogP contribution in [0.2, 0.25) is 0 Å². The van der Waals surface area contributed by atoms with E-state index in [0.29, 0.717) is 12.0 Å². The van der Waals surface area contributed by atoms with Crippen molar-refractivity contribution in [3.63, 3.8) is 0 Å². The van der Waals surface area contributed by atoms with Crippen LogP contribution in [-0.2, 0) is 0 Å². The van der Waals surface area contributed by atoms with E-state index in [9.17, 15) is 0 Å². The SMILES string of the molecule is C1=C[C@@H]2C=CN[C@@H]2C=C1. The quantitative estimate of drug-likeness (QED) is 0.505.